The van der Waals surface area contributed by atoms with Crippen molar-refractivity contribution in [1.82, 2.24) is 15.1 Å². The number of hydrogen-bond donors (Lipinski definition) is 0. The van der Waals surface area contributed by atoms with Crippen LogP contribution in [0.3, 0.4) is 0 Å². The first-order valence-electron chi connectivity index (χ1n) is 8.95. The van der Waals surface area contributed by atoms with Crippen LogP contribution in [-0.4, -0.2) is 32.8 Å². The Morgan fingerprint density at radius 1 is 1.17 bits per heavy atom. The van der Waals surface area contributed by atoms with Gasteiger partial charge >= 0.3 is 0 Å². The van der Waals surface area contributed by atoms with E-state index in [9.17, 15) is 13.6 Å². The van der Waals surface area contributed by atoms with E-state index in [1.54, 1.807) is 29.2 Å². The molecule has 0 aliphatic heterocycles. The molecule has 1 amide bonds. The average Bonchev–Trinajstić information content (AvgIpc) is 3.43. The molecule has 1 saturated carbocycles. The van der Waals surface area contributed by atoms with Gasteiger partial charge in [0.15, 0.2) is 0 Å². The largest absolute Gasteiger partial charge is 0.419 e. The summed E-state index contributed by atoms with van der Waals surface area (Å²) in [5, 5.41) is 8.68. The van der Waals surface area contributed by atoms with Gasteiger partial charge in [-0.3, -0.25) is 4.79 Å². The minimum Gasteiger partial charge on any atom is -0.419 e. The Hall–Kier alpha value is -2.45. The number of aromatic nitrogens is 2. The summed E-state index contributed by atoms with van der Waals surface area (Å²) in [6, 6.07) is 10.4. The zero-order valence-electron chi connectivity index (χ0n) is 15.1. The number of rotatable bonds is 7. The van der Waals surface area contributed by atoms with Crippen molar-refractivity contribution in [1.29, 1.82) is 0 Å². The maximum atomic E-state index is 13.8. The zero-order chi connectivity index (χ0) is 20.4. The Morgan fingerprint density at radius 2 is 1.93 bits per heavy atom. The van der Waals surface area contributed by atoms with Crippen molar-refractivity contribution in [2.24, 2.45) is 0 Å². The molecule has 3 aromatic rings. The van der Waals surface area contributed by atoms with Gasteiger partial charge < -0.3 is 9.32 Å². The summed E-state index contributed by atoms with van der Waals surface area (Å²) in [7, 11) is 0. The summed E-state index contributed by atoms with van der Waals surface area (Å²) < 4.78 is 32.5. The predicted molar refractivity (Wildman–Crippen MR) is 105 cm³/mol. The molecule has 0 atom stereocenters. The van der Waals surface area contributed by atoms with Gasteiger partial charge in [0.1, 0.15) is 11.6 Å². The quantitative estimate of drug-likeness (QED) is 0.491. The van der Waals surface area contributed by atoms with Crippen LogP contribution in [0.15, 0.2) is 51.8 Å². The van der Waals surface area contributed by atoms with Crippen molar-refractivity contribution in [2.75, 3.05) is 5.75 Å². The van der Waals surface area contributed by atoms with Gasteiger partial charge in [-0.1, -0.05) is 11.6 Å². The second kappa shape index (κ2) is 8.51. The number of carbonyl (C=O) groups is 1. The molecule has 1 fully saturated rings. The minimum absolute atomic E-state index is 0.0389. The van der Waals surface area contributed by atoms with Gasteiger partial charge in [0, 0.05) is 27.6 Å². The minimum atomic E-state index is -0.676. The molecule has 0 N–H and O–H groups in total. The average molecular weight is 436 g/mol. The highest BCUT2D eigenvalue weighted by molar-refractivity contribution is 8.00. The van der Waals surface area contributed by atoms with Crippen LogP contribution in [0.1, 0.15) is 18.7 Å². The fourth-order valence-corrected chi connectivity index (χ4v) is 3.73. The Kier molecular flexibility index (Phi) is 5.82. The first-order valence-corrected chi connectivity index (χ1v) is 10.3. The third-order valence-electron chi connectivity index (χ3n) is 4.42. The predicted octanol–water partition coefficient (Wildman–Crippen LogP) is 4.95. The molecule has 150 valence electrons. The second-order valence-electron chi connectivity index (χ2n) is 6.62. The van der Waals surface area contributed by atoms with Crippen molar-refractivity contribution in [2.45, 2.75) is 30.3 Å². The molecule has 1 aliphatic carbocycles. The summed E-state index contributed by atoms with van der Waals surface area (Å²) in [6.07, 6.45) is 1.80. The summed E-state index contributed by atoms with van der Waals surface area (Å²) in [6.45, 7) is 0.191. The standard InChI is InChI=1S/C20H16ClF2N3O2S/c21-13-3-1-12(2-4-13)20-25-24-18(28-20)10-26(15-6-7-15)19(27)11-29-17-8-5-14(22)9-16(17)23/h1-5,8-9,15H,6-7,10-11H2. The van der Waals surface area contributed by atoms with Crippen LogP contribution in [0.2, 0.25) is 5.02 Å². The maximum absolute atomic E-state index is 13.8. The van der Waals surface area contributed by atoms with Gasteiger partial charge in [-0.05, 0) is 49.2 Å². The molecule has 1 aliphatic rings. The first-order chi connectivity index (χ1) is 14.0. The lowest BCUT2D eigenvalue weighted by atomic mass is 10.2. The van der Waals surface area contributed by atoms with Crippen LogP contribution in [-0.2, 0) is 11.3 Å². The third kappa shape index (κ3) is 4.94. The fourth-order valence-electron chi connectivity index (χ4n) is 2.79. The van der Waals surface area contributed by atoms with Gasteiger partial charge in [-0.2, -0.15) is 0 Å². The van der Waals surface area contributed by atoms with E-state index in [2.05, 4.69) is 10.2 Å². The molecule has 1 heterocycles. The van der Waals surface area contributed by atoms with Crippen LogP contribution in [0, 0.1) is 11.6 Å². The van der Waals surface area contributed by atoms with Crippen molar-refractivity contribution in [3.63, 3.8) is 0 Å². The molecule has 5 nitrogen and oxygen atoms in total. The molecule has 9 heteroatoms. The molecular weight excluding hydrogens is 420 g/mol. The van der Waals surface area contributed by atoms with Gasteiger partial charge in [-0.15, -0.1) is 22.0 Å². The van der Waals surface area contributed by atoms with E-state index in [0.29, 0.717) is 16.8 Å². The Bertz CT molecular complexity index is 1020. The van der Waals surface area contributed by atoms with Gasteiger partial charge in [0.2, 0.25) is 17.7 Å². The highest BCUT2D eigenvalue weighted by Gasteiger charge is 2.33. The number of amides is 1. The SMILES string of the molecule is O=C(CSc1ccc(F)cc1F)N(Cc1nnc(-c2ccc(Cl)cc2)o1)C1CC1. The molecule has 29 heavy (non-hydrogen) atoms. The fraction of sp³-hybridized carbons (Fsp3) is 0.250. The molecule has 1 aromatic heterocycles. The number of thioether (sulfide) groups is 1. The molecule has 4 rings (SSSR count). The number of carbonyl (C=O) groups excluding carboxylic acids is 1. The Balaban J connectivity index is 1.41. The van der Waals surface area contributed by atoms with E-state index < -0.39 is 11.6 Å². The highest BCUT2D eigenvalue weighted by atomic mass is 35.5. The molecule has 0 radical (unpaired) electrons. The number of hydrogen-bond acceptors (Lipinski definition) is 5. The van der Waals surface area contributed by atoms with E-state index in [4.69, 9.17) is 16.0 Å². The number of halogens is 3. The van der Waals surface area contributed by atoms with Crippen LogP contribution in [0.5, 0.6) is 0 Å². The van der Waals surface area contributed by atoms with E-state index in [-0.39, 0.29) is 29.1 Å². The van der Waals surface area contributed by atoms with Gasteiger partial charge in [-0.25, -0.2) is 8.78 Å². The monoisotopic (exact) mass is 435 g/mol. The number of nitrogens with zero attached hydrogens (tertiary/aromatic N) is 3. The third-order valence-corrected chi connectivity index (χ3v) is 5.70. The summed E-state index contributed by atoms with van der Waals surface area (Å²) >= 11 is 6.93. The Morgan fingerprint density at radius 3 is 2.62 bits per heavy atom. The molecule has 0 bridgehead atoms. The lowest BCUT2D eigenvalue weighted by Gasteiger charge is -2.20. The van der Waals surface area contributed by atoms with Crippen molar-refractivity contribution in [3.8, 4) is 11.5 Å². The smallest absolute Gasteiger partial charge is 0.247 e. The van der Waals surface area contributed by atoms with Crippen LogP contribution in [0.4, 0.5) is 8.78 Å². The topological polar surface area (TPSA) is 59.2 Å². The van der Waals surface area contributed by atoms with E-state index in [1.807, 2.05) is 0 Å². The highest BCUT2D eigenvalue weighted by Crippen LogP contribution is 2.31. The van der Waals surface area contributed by atoms with Gasteiger partial charge in [0.05, 0.1) is 12.3 Å². The molecule has 2 aromatic carbocycles. The van der Waals surface area contributed by atoms with E-state index >= 15 is 0 Å². The second-order valence-corrected chi connectivity index (χ2v) is 8.08. The molecule has 0 unspecified atom stereocenters. The molecular formula is C20H16ClF2N3O2S. The Labute approximate surface area is 175 Å². The molecule has 0 spiro atoms. The normalized spacial score (nSPS) is 13.5. The zero-order valence-corrected chi connectivity index (χ0v) is 16.7. The van der Waals surface area contributed by atoms with Crippen LogP contribution >= 0.6 is 23.4 Å². The van der Waals surface area contributed by atoms with Crippen molar-refractivity contribution >= 4 is 29.3 Å². The summed E-state index contributed by atoms with van der Waals surface area (Å²) in [5.41, 5.74) is 0.736. The van der Waals surface area contributed by atoms with Crippen LogP contribution in [0.25, 0.3) is 11.5 Å². The first kappa shape index (κ1) is 19.8. The summed E-state index contributed by atoms with van der Waals surface area (Å²) in [5.74, 6) is -0.767. The summed E-state index contributed by atoms with van der Waals surface area (Å²) in [4.78, 5) is 14.6. The number of benzene rings is 2. The maximum Gasteiger partial charge on any atom is 0.247 e. The van der Waals surface area contributed by atoms with Crippen molar-refractivity contribution in [3.05, 3.63) is 65.0 Å². The van der Waals surface area contributed by atoms with E-state index in [0.717, 1.165) is 36.2 Å². The van der Waals surface area contributed by atoms with Crippen LogP contribution < -0.4 is 0 Å². The molecule has 0 saturated heterocycles. The van der Waals surface area contributed by atoms with E-state index in [1.165, 1.54) is 12.1 Å². The van der Waals surface area contributed by atoms with Crippen molar-refractivity contribution < 1.29 is 18.0 Å². The lowest BCUT2D eigenvalue weighted by molar-refractivity contribution is -0.129. The lowest BCUT2D eigenvalue weighted by Crippen LogP contribution is -2.34. The van der Waals surface area contributed by atoms with Gasteiger partial charge in [0.25, 0.3) is 0 Å².